The van der Waals surface area contributed by atoms with E-state index in [1.807, 2.05) is 19.2 Å². The van der Waals surface area contributed by atoms with Gasteiger partial charge in [0.05, 0.1) is 18.9 Å². The van der Waals surface area contributed by atoms with Gasteiger partial charge in [-0.3, -0.25) is 10.00 Å². The molecule has 23 heavy (non-hydrogen) atoms. The SMILES string of the molecule is Cc1[nH]ncc1CN1C[C@@H](O)[C@@]2(C[C@@H](c3ccccc3)CO2)C1. The smallest absolute Gasteiger partial charge is 0.109 e. The molecule has 0 aliphatic carbocycles. The van der Waals surface area contributed by atoms with E-state index in [0.29, 0.717) is 19.1 Å². The summed E-state index contributed by atoms with van der Waals surface area (Å²) in [5, 5.41) is 17.7. The van der Waals surface area contributed by atoms with Crippen molar-refractivity contribution in [1.29, 1.82) is 0 Å². The summed E-state index contributed by atoms with van der Waals surface area (Å²) in [5.41, 5.74) is 3.17. The number of hydrogen-bond donors (Lipinski definition) is 2. The number of nitrogens with one attached hydrogen (secondary N) is 1. The normalized spacial score (nSPS) is 31.2. The van der Waals surface area contributed by atoms with Crippen LogP contribution in [0.4, 0.5) is 0 Å². The average Bonchev–Trinajstić information content (AvgIpc) is 3.24. The maximum absolute atomic E-state index is 10.6. The number of rotatable bonds is 3. The van der Waals surface area contributed by atoms with Crippen LogP contribution in [-0.2, 0) is 11.3 Å². The molecule has 2 aromatic rings. The number of likely N-dealkylation sites (tertiary alicyclic amines) is 1. The lowest BCUT2D eigenvalue weighted by Crippen LogP contribution is -2.41. The third-order valence-electron chi connectivity index (χ3n) is 5.29. The Bertz CT molecular complexity index is 672. The van der Waals surface area contributed by atoms with Gasteiger partial charge in [0.25, 0.3) is 0 Å². The predicted molar refractivity (Wildman–Crippen MR) is 87.1 cm³/mol. The highest BCUT2D eigenvalue weighted by Crippen LogP contribution is 2.42. The highest BCUT2D eigenvalue weighted by molar-refractivity contribution is 5.23. The summed E-state index contributed by atoms with van der Waals surface area (Å²) in [4.78, 5) is 2.27. The van der Waals surface area contributed by atoms with Crippen LogP contribution < -0.4 is 0 Å². The topological polar surface area (TPSA) is 61.4 Å². The summed E-state index contributed by atoms with van der Waals surface area (Å²) in [6.45, 7) is 4.97. The van der Waals surface area contributed by atoms with Crippen molar-refractivity contribution < 1.29 is 9.84 Å². The minimum atomic E-state index is -0.427. The summed E-state index contributed by atoms with van der Waals surface area (Å²) >= 11 is 0. The fourth-order valence-electron chi connectivity index (χ4n) is 3.94. The van der Waals surface area contributed by atoms with Gasteiger partial charge in [-0.05, 0) is 18.9 Å². The lowest BCUT2D eigenvalue weighted by atomic mass is 9.87. The van der Waals surface area contributed by atoms with E-state index in [4.69, 9.17) is 4.74 Å². The van der Waals surface area contributed by atoms with Crippen molar-refractivity contribution in [2.75, 3.05) is 19.7 Å². The molecule has 2 fully saturated rings. The predicted octanol–water partition coefficient (Wildman–Crippen LogP) is 1.84. The second-order valence-electron chi connectivity index (χ2n) is 6.89. The largest absolute Gasteiger partial charge is 0.389 e. The molecule has 5 nitrogen and oxygen atoms in total. The molecule has 3 heterocycles. The number of hydrogen-bond acceptors (Lipinski definition) is 4. The number of aliphatic hydroxyl groups excluding tert-OH is 1. The molecule has 1 aromatic carbocycles. The zero-order valence-electron chi connectivity index (χ0n) is 13.4. The Kier molecular flexibility index (Phi) is 3.71. The molecule has 0 unspecified atom stereocenters. The quantitative estimate of drug-likeness (QED) is 0.908. The molecule has 4 rings (SSSR count). The first-order valence-electron chi connectivity index (χ1n) is 8.24. The van der Waals surface area contributed by atoms with Crippen molar-refractivity contribution in [1.82, 2.24) is 15.1 Å². The number of β-amino-alcohol motifs (C(OH)–C–C–N with tert-alkyl or cyclic N) is 1. The van der Waals surface area contributed by atoms with E-state index in [9.17, 15) is 5.11 Å². The average molecular weight is 313 g/mol. The number of benzene rings is 1. The van der Waals surface area contributed by atoms with E-state index in [1.165, 1.54) is 11.1 Å². The summed E-state index contributed by atoms with van der Waals surface area (Å²) in [6, 6.07) is 10.5. The van der Waals surface area contributed by atoms with Crippen LogP contribution in [0.15, 0.2) is 36.5 Å². The Labute approximate surface area is 136 Å². The van der Waals surface area contributed by atoms with Crippen molar-refractivity contribution >= 4 is 0 Å². The van der Waals surface area contributed by atoms with Gasteiger partial charge in [-0.2, -0.15) is 5.10 Å². The molecule has 0 saturated carbocycles. The fourth-order valence-corrected chi connectivity index (χ4v) is 3.94. The Morgan fingerprint density at radius 2 is 2.22 bits per heavy atom. The number of aromatic amines is 1. The van der Waals surface area contributed by atoms with Crippen LogP contribution in [0.1, 0.15) is 29.2 Å². The standard InChI is InChI=1S/C18H23N3O2/c1-13-16(8-19-20-13)9-21-10-17(22)18(12-21)7-15(11-23-18)14-5-3-2-4-6-14/h2-6,8,15,17,22H,7,9-12H2,1H3,(H,19,20)/t15-,17-,18-/m1/s1. The van der Waals surface area contributed by atoms with Crippen molar-refractivity contribution in [3.63, 3.8) is 0 Å². The van der Waals surface area contributed by atoms with Gasteiger partial charge in [0, 0.05) is 36.8 Å². The highest BCUT2D eigenvalue weighted by atomic mass is 16.5. The van der Waals surface area contributed by atoms with E-state index >= 15 is 0 Å². The van der Waals surface area contributed by atoms with Crippen LogP contribution in [0.5, 0.6) is 0 Å². The molecule has 2 aliphatic heterocycles. The van der Waals surface area contributed by atoms with Crippen molar-refractivity contribution in [3.8, 4) is 0 Å². The molecule has 1 spiro atoms. The summed E-state index contributed by atoms with van der Waals surface area (Å²) < 4.78 is 6.15. The van der Waals surface area contributed by atoms with Crippen molar-refractivity contribution in [3.05, 3.63) is 53.3 Å². The number of ether oxygens (including phenoxy) is 1. The number of nitrogens with zero attached hydrogens (tertiary/aromatic N) is 2. The molecule has 122 valence electrons. The van der Waals surface area contributed by atoms with Gasteiger partial charge in [-0.15, -0.1) is 0 Å². The first kappa shape index (κ1) is 14.9. The molecule has 0 radical (unpaired) electrons. The molecular formula is C18H23N3O2. The Morgan fingerprint density at radius 1 is 1.39 bits per heavy atom. The fraction of sp³-hybridized carbons (Fsp3) is 0.500. The molecule has 2 N–H and O–H groups in total. The maximum atomic E-state index is 10.6. The van der Waals surface area contributed by atoms with Crippen LogP contribution >= 0.6 is 0 Å². The molecule has 2 aliphatic rings. The van der Waals surface area contributed by atoms with Gasteiger partial charge in [0.2, 0.25) is 0 Å². The third-order valence-corrected chi connectivity index (χ3v) is 5.29. The second kappa shape index (κ2) is 5.74. The number of aryl methyl sites for hydroxylation is 1. The van der Waals surface area contributed by atoms with E-state index in [2.05, 4.69) is 39.4 Å². The van der Waals surface area contributed by atoms with E-state index in [-0.39, 0.29) is 0 Å². The molecule has 0 amide bonds. The highest BCUT2D eigenvalue weighted by Gasteiger charge is 2.52. The molecule has 2 saturated heterocycles. The van der Waals surface area contributed by atoms with E-state index in [1.54, 1.807) is 0 Å². The maximum Gasteiger partial charge on any atom is 0.109 e. The van der Waals surface area contributed by atoms with Crippen molar-refractivity contribution in [2.24, 2.45) is 0 Å². The van der Waals surface area contributed by atoms with Gasteiger partial charge in [-0.1, -0.05) is 30.3 Å². The first-order valence-corrected chi connectivity index (χ1v) is 8.24. The molecule has 1 aromatic heterocycles. The van der Waals surface area contributed by atoms with Crippen LogP contribution in [0.25, 0.3) is 0 Å². The number of H-pyrrole nitrogens is 1. The second-order valence-corrected chi connectivity index (χ2v) is 6.89. The lowest BCUT2D eigenvalue weighted by molar-refractivity contribution is -0.0594. The van der Waals surface area contributed by atoms with Crippen LogP contribution in [0.2, 0.25) is 0 Å². The monoisotopic (exact) mass is 313 g/mol. The summed E-state index contributed by atoms with van der Waals surface area (Å²) in [5.74, 6) is 0.376. The van der Waals surface area contributed by atoms with Crippen LogP contribution in [-0.4, -0.2) is 51.6 Å². The lowest BCUT2D eigenvalue weighted by Gasteiger charge is -2.26. The Balaban J connectivity index is 1.46. The molecule has 0 bridgehead atoms. The van der Waals surface area contributed by atoms with Crippen molar-refractivity contribution in [2.45, 2.75) is 37.5 Å². The molecule has 5 heteroatoms. The van der Waals surface area contributed by atoms with Gasteiger partial charge in [0.15, 0.2) is 0 Å². The number of aromatic nitrogens is 2. The van der Waals surface area contributed by atoms with Crippen LogP contribution in [0.3, 0.4) is 0 Å². The van der Waals surface area contributed by atoms with Gasteiger partial charge < -0.3 is 9.84 Å². The minimum absolute atomic E-state index is 0.376. The Morgan fingerprint density at radius 3 is 2.96 bits per heavy atom. The number of aliphatic hydroxyl groups is 1. The van der Waals surface area contributed by atoms with Gasteiger partial charge in [-0.25, -0.2) is 0 Å². The van der Waals surface area contributed by atoms with E-state index < -0.39 is 11.7 Å². The Hall–Kier alpha value is -1.69. The summed E-state index contributed by atoms with van der Waals surface area (Å²) in [7, 11) is 0. The first-order chi connectivity index (χ1) is 11.2. The summed E-state index contributed by atoms with van der Waals surface area (Å²) in [6.07, 6.45) is 2.33. The van der Waals surface area contributed by atoms with E-state index in [0.717, 1.165) is 25.2 Å². The zero-order valence-corrected chi connectivity index (χ0v) is 13.4. The molecular weight excluding hydrogens is 290 g/mol. The minimum Gasteiger partial charge on any atom is -0.389 e. The molecule has 3 atom stereocenters. The zero-order chi connectivity index (χ0) is 15.9. The van der Waals surface area contributed by atoms with Gasteiger partial charge in [0.1, 0.15) is 5.60 Å². The van der Waals surface area contributed by atoms with Gasteiger partial charge >= 0.3 is 0 Å². The van der Waals surface area contributed by atoms with Crippen LogP contribution in [0, 0.1) is 6.92 Å². The third kappa shape index (κ3) is 2.69.